The Balaban J connectivity index is 1.59. The molecule has 1 amide bonds. The van der Waals surface area contributed by atoms with Crippen LogP contribution >= 0.6 is 22.7 Å². The summed E-state index contributed by atoms with van der Waals surface area (Å²) in [6.07, 6.45) is 0. The van der Waals surface area contributed by atoms with E-state index in [4.69, 9.17) is 4.98 Å². The minimum atomic E-state index is -0.190. The number of anilines is 3. The van der Waals surface area contributed by atoms with Gasteiger partial charge in [0.1, 0.15) is 5.75 Å². The molecule has 4 rings (SSSR count). The van der Waals surface area contributed by atoms with Crippen LogP contribution in [0.15, 0.2) is 47.8 Å². The van der Waals surface area contributed by atoms with E-state index < -0.39 is 0 Å². The average molecular weight is 521 g/mol. The number of aryl methyl sites for hydroxylation is 1. The lowest BCUT2D eigenvalue weighted by Crippen LogP contribution is -2.18. The maximum atomic E-state index is 12.5. The number of aromatic hydroxyl groups is 1. The number of carbonyl (C=O) groups is 1. The second kappa shape index (κ2) is 9.67. The van der Waals surface area contributed by atoms with Gasteiger partial charge < -0.3 is 10.4 Å². The van der Waals surface area contributed by atoms with Crippen molar-refractivity contribution >= 4 is 44.5 Å². The van der Waals surface area contributed by atoms with E-state index in [-0.39, 0.29) is 22.5 Å². The smallest absolute Gasteiger partial charge is 0.257 e. The predicted octanol–water partition coefficient (Wildman–Crippen LogP) is 7.87. The SMILES string of the molecule is Cc1nc(NC(=O)c2ccccc2)sc1-c1csc(Nc2cc(O)c(C(C)(C)C)cc2C(C)(C)C)n1. The van der Waals surface area contributed by atoms with Gasteiger partial charge in [-0.05, 0) is 47.1 Å². The Morgan fingerprint density at radius 1 is 0.917 bits per heavy atom. The lowest BCUT2D eigenvalue weighted by atomic mass is 9.79. The number of thiazole rings is 2. The number of nitrogens with zero attached hydrogens (tertiary/aromatic N) is 2. The zero-order chi connectivity index (χ0) is 26.3. The summed E-state index contributed by atoms with van der Waals surface area (Å²) in [5.41, 5.74) is 4.76. The molecule has 2 heterocycles. The zero-order valence-electron chi connectivity index (χ0n) is 21.7. The average Bonchev–Trinajstić information content (AvgIpc) is 3.38. The van der Waals surface area contributed by atoms with Gasteiger partial charge in [-0.3, -0.25) is 10.1 Å². The topological polar surface area (TPSA) is 87.1 Å². The van der Waals surface area contributed by atoms with Crippen LogP contribution < -0.4 is 10.6 Å². The van der Waals surface area contributed by atoms with Crippen LogP contribution in [-0.4, -0.2) is 21.0 Å². The van der Waals surface area contributed by atoms with Gasteiger partial charge in [0.15, 0.2) is 10.3 Å². The van der Waals surface area contributed by atoms with Crippen molar-refractivity contribution < 1.29 is 9.90 Å². The molecular weight excluding hydrogens is 488 g/mol. The molecule has 0 atom stereocenters. The molecule has 2 aromatic heterocycles. The summed E-state index contributed by atoms with van der Waals surface area (Å²) in [6.45, 7) is 14.7. The van der Waals surface area contributed by atoms with Crippen molar-refractivity contribution in [2.75, 3.05) is 10.6 Å². The Labute approximate surface area is 220 Å². The number of nitrogens with one attached hydrogen (secondary N) is 2. The second-order valence-electron chi connectivity index (χ2n) is 10.8. The summed E-state index contributed by atoms with van der Waals surface area (Å²) < 4.78 is 0. The summed E-state index contributed by atoms with van der Waals surface area (Å²) in [5.74, 6) is 0.0802. The molecule has 0 unspecified atom stereocenters. The van der Waals surface area contributed by atoms with E-state index >= 15 is 0 Å². The molecule has 3 N–H and O–H groups in total. The van der Waals surface area contributed by atoms with Gasteiger partial charge in [-0.15, -0.1) is 11.3 Å². The number of carbonyl (C=O) groups excluding carboxylic acids is 1. The number of phenols is 1. The van der Waals surface area contributed by atoms with Crippen LogP contribution in [0.3, 0.4) is 0 Å². The van der Waals surface area contributed by atoms with E-state index in [1.165, 1.54) is 22.7 Å². The summed E-state index contributed by atoms with van der Waals surface area (Å²) in [7, 11) is 0. The maximum absolute atomic E-state index is 12.5. The highest BCUT2D eigenvalue weighted by molar-refractivity contribution is 7.20. The van der Waals surface area contributed by atoms with Crippen LogP contribution in [0.1, 0.15) is 68.7 Å². The summed E-state index contributed by atoms with van der Waals surface area (Å²) in [6, 6.07) is 13.0. The Morgan fingerprint density at radius 3 is 2.22 bits per heavy atom. The first-order chi connectivity index (χ1) is 16.8. The van der Waals surface area contributed by atoms with Gasteiger partial charge in [-0.1, -0.05) is 71.1 Å². The van der Waals surface area contributed by atoms with Crippen molar-refractivity contribution in [3.8, 4) is 16.3 Å². The predicted molar refractivity (Wildman–Crippen MR) is 151 cm³/mol. The van der Waals surface area contributed by atoms with Crippen molar-refractivity contribution in [1.82, 2.24) is 9.97 Å². The van der Waals surface area contributed by atoms with Crippen LogP contribution in [-0.2, 0) is 10.8 Å². The molecule has 36 heavy (non-hydrogen) atoms. The van der Waals surface area contributed by atoms with Gasteiger partial charge in [0.05, 0.1) is 16.3 Å². The monoisotopic (exact) mass is 520 g/mol. The molecular formula is C28H32N4O2S2. The molecule has 8 heteroatoms. The fourth-order valence-electron chi connectivity index (χ4n) is 3.91. The standard InChI is InChI=1S/C28H32N4O2S2/c1-16-23(36-26(29-16)32-24(34)17-11-9-8-10-12-17)21-15-35-25(31-21)30-20-14-22(33)19(28(5,6)7)13-18(20)27(2,3)4/h8-15,33H,1-7H3,(H,30,31)(H,29,32,34). The number of rotatable bonds is 5. The van der Waals surface area contributed by atoms with Crippen molar-refractivity contribution in [3.63, 3.8) is 0 Å². The van der Waals surface area contributed by atoms with Crippen LogP contribution in [0.5, 0.6) is 5.75 Å². The first-order valence-corrected chi connectivity index (χ1v) is 13.5. The van der Waals surface area contributed by atoms with Crippen molar-refractivity contribution in [2.45, 2.75) is 59.3 Å². The lowest BCUT2D eigenvalue weighted by Gasteiger charge is -2.28. The summed E-state index contributed by atoms with van der Waals surface area (Å²) in [5, 5.41) is 20.3. The minimum Gasteiger partial charge on any atom is -0.508 e. The van der Waals surface area contributed by atoms with Gasteiger partial charge >= 0.3 is 0 Å². The Hall–Kier alpha value is -3.23. The van der Waals surface area contributed by atoms with Crippen molar-refractivity contribution in [2.24, 2.45) is 0 Å². The molecule has 0 saturated heterocycles. The highest BCUT2D eigenvalue weighted by Crippen LogP contribution is 2.41. The zero-order valence-corrected chi connectivity index (χ0v) is 23.3. The first kappa shape index (κ1) is 25.9. The maximum Gasteiger partial charge on any atom is 0.257 e. The van der Waals surface area contributed by atoms with Crippen LogP contribution in [0, 0.1) is 6.92 Å². The fraction of sp³-hybridized carbons (Fsp3) is 0.321. The molecule has 0 fully saturated rings. The molecule has 0 aliphatic rings. The molecule has 0 aliphatic heterocycles. The van der Waals surface area contributed by atoms with Gasteiger partial charge in [0, 0.05) is 22.7 Å². The van der Waals surface area contributed by atoms with E-state index in [2.05, 4.69) is 63.2 Å². The van der Waals surface area contributed by atoms with E-state index in [0.29, 0.717) is 10.7 Å². The number of benzene rings is 2. The number of phenolic OH excluding ortho intramolecular Hbond substituents is 1. The normalized spacial score (nSPS) is 12.0. The van der Waals surface area contributed by atoms with Gasteiger partial charge in [0.2, 0.25) is 0 Å². The third-order valence-electron chi connectivity index (χ3n) is 5.78. The molecule has 2 aromatic carbocycles. The summed E-state index contributed by atoms with van der Waals surface area (Å²) >= 11 is 2.89. The number of amides is 1. The molecule has 188 valence electrons. The van der Waals surface area contributed by atoms with E-state index in [1.807, 2.05) is 30.5 Å². The molecule has 0 radical (unpaired) electrons. The van der Waals surface area contributed by atoms with Crippen LogP contribution in [0.2, 0.25) is 0 Å². The third kappa shape index (κ3) is 5.60. The van der Waals surface area contributed by atoms with Crippen molar-refractivity contribution in [3.05, 3.63) is 70.2 Å². The molecule has 0 bridgehead atoms. The van der Waals surface area contributed by atoms with Crippen molar-refractivity contribution in [1.29, 1.82) is 0 Å². The highest BCUT2D eigenvalue weighted by atomic mass is 32.1. The molecule has 6 nitrogen and oxygen atoms in total. The molecule has 0 aliphatic carbocycles. The minimum absolute atomic E-state index is 0.129. The first-order valence-electron chi connectivity index (χ1n) is 11.8. The van der Waals surface area contributed by atoms with Crippen LogP contribution in [0.4, 0.5) is 16.0 Å². The lowest BCUT2D eigenvalue weighted by molar-refractivity contribution is 0.102. The van der Waals surface area contributed by atoms with Crippen LogP contribution in [0.25, 0.3) is 10.6 Å². The Kier molecular flexibility index (Phi) is 6.94. The summed E-state index contributed by atoms with van der Waals surface area (Å²) in [4.78, 5) is 22.8. The molecule has 0 spiro atoms. The van der Waals surface area contributed by atoms with Gasteiger partial charge in [-0.2, -0.15) is 0 Å². The molecule has 0 saturated carbocycles. The number of hydrogen-bond acceptors (Lipinski definition) is 7. The van der Waals surface area contributed by atoms with Gasteiger partial charge in [0.25, 0.3) is 5.91 Å². The van der Waals surface area contributed by atoms with E-state index in [1.54, 1.807) is 18.2 Å². The number of hydrogen-bond donors (Lipinski definition) is 3. The largest absolute Gasteiger partial charge is 0.508 e. The number of aromatic nitrogens is 2. The molecule has 4 aromatic rings. The highest BCUT2D eigenvalue weighted by Gasteiger charge is 2.26. The quantitative estimate of drug-likeness (QED) is 0.249. The third-order valence-corrected chi connectivity index (χ3v) is 7.64. The van der Waals surface area contributed by atoms with E-state index in [0.717, 1.165) is 38.2 Å². The van der Waals surface area contributed by atoms with E-state index in [9.17, 15) is 9.90 Å². The Bertz CT molecular complexity index is 1390. The second-order valence-corrected chi connectivity index (χ2v) is 12.7. The Morgan fingerprint density at radius 2 is 1.58 bits per heavy atom. The van der Waals surface area contributed by atoms with Gasteiger partial charge in [-0.25, -0.2) is 9.97 Å². The fourth-order valence-corrected chi connectivity index (χ4v) is 5.62.